The highest BCUT2D eigenvalue weighted by atomic mass is 16.3. The van der Waals surface area contributed by atoms with Crippen molar-refractivity contribution in [3.63, 3.8) is 0 Å². The van der Waals surface area contributed by atoms with E-state index in [1.165, 1.54) is 5.56 Å². The zero-order valence-electron chi connectivity index (χ0n) is 10.1. The Kier molecular flexibility index (Phi) is 3.76. The summed E-state index contributed by atoms with van der Waals surface area (Å²) < 4.78 is 2.03. The van der Waals surface area contributed by atoms with Crippen LogP contribution in [0.1, 0.15) is 17.8 Å². The number of rotatable bonds is 5. The van der Waals surface area contributed by atoms with E-state index < -0.39 is 0 Å². The molecule has 0 spiro atoms. The first-order chi connectivity index (χ1) is 8.26. The zero-order chi connectivity index (χ0) is 12.3. The van der Waals surface area contributed by atoms with Crippen LogP contribution in [0.15, 0.2) is 18.2 Å². The SMILES string of the molecule is Cc1ccc2c(c1)nc(CCCO)n2CCO. The van der Waals surface area contributed by atoms with Crippen molar-refractivity contribution in [2.75, 3.05) is 13.2 Å². The Bertz CT molecular complexity index is 505. The van der Waals surface area contributed by atoms with Crippen molar-refractivity contribution in [1.82, 2.24) is 9.55 Å². The van der Waals surface area contributed by atoms with E-state index >= 15 is 0 Å². The minimum atomic E-state index is 0.103. The van der Waals surface area contributed by atoms with Crippen LogP contribution in [-0.2, 0) is 13.0 Å². The van der Waals surface area contributed by atoms with E-state index in [0.717, 1.165) is 23.3 Å². The van der Waals surface area contributed by atoms with E-state index in [-0.39, 0.29) is 13.2 Å². The van der Waals surface area contributed by atoms with Crippen LogP contribution in [0.5, 0.6) is 0 Å². The molecule has 4 heteroatoms. The van der Waals surface area contributed by atoms with Crippen LogP contribution in [0.2, 0.25) is 0 Å². The van der Waals surface area contributed by atoms with Gasteiger partial charge in [0.15, 0.2) is 0 Å². The summed E-state index contributed by atoms with van der Waals surface area (Å²) in [6.07, 6.45) is 1.44. The van der Waals surface area contributed by atoms with E-state index in [9.17, 15) is 0 Å². The Morgan fingerprint density at radius 2 is 2.06 bits per heavy atom. The largest absolute Gasteiger partial charge is 0.396 e. The van der Waals surface area contributed by atoms with Crippen molar-refractivity contribution in [3.05, 3.63) is 29.6 Å². The number of imidazole rings is 1. The molecular weight excluding hydrogens is 216 g/mol. The summed E-state index contributed by atoms with van der Waals surface area (Å²) in [5, 5.41) is 18.0. The Morgan fingerprint density at radius 3 is 2.76 bits per heavy atom. The van der Waals surface area contributed by atoms with Gasteiger partial charge in [-0.15, -0.1) is 0 Å². The van der Waals surface area contributed by atoms with Gasteiger partial charge in [0, 0.05) is 19.6 Å². The molecule has 0 radical (unpaired) electrons. The monoisotopic (exact) mass is 234 g/mol. The highest BCUT2D eigenvalue weighted by molar-refractivity contribution is 5.76. The van der Waals surface area contributed by atoms with Crippen LogP contribution >= 0.6 is 0 Å². The first-order valence-electron chi connectivity index (χ1n) is 5.93. The van der Waals surface area contributed by atoms with Gasteiger partial charge in [0.05, 0.1) is 17.6 Å². The van der Waals surface area contributed by atoms with E-state index in [4.69, 9.17) is 10.2 Å². The predicted octanol–water partition coefficient (Wildman–Crippen LogP) is 1.26. The summed E-state index contributed by atoms with van der Waals surface area (Å²) in [5.41, 5.74) is 3.20. The van der Waals surface area contributed by atoms with Gasteiger partial charge in [-0.3, -0.25) is 0 Å². The number of hydrogen-bond acceptors (Lipinski definition) is 3. The van der Waals surface area contributed by atoms with E-state index in [1.54, 1.807) is 0 Å². The van der Waals surface area contributed by atoms with E-state index in [2.05, 4.69) is 4.98 Å². The number of hydrogen-bond donors (Lipinski definition) is 2. The molecule has 0 saturated carbocycles. The molecular formula is C13H18N2O2. The fourth-order valence-corrected chi connectivity index (χ4v) is 2.07. The minimum Gasteiger partial charge on any atom is -0.396 e. The van der Waals surface area contributed by atoms with Gasteiger partial charge in [-0.05, 0) is 31.0 Å². The van der Waals surface area contributed by atoms with Crippen molar-refractivity contribution in [1.29, 1.82) is 0 Å². The number of aromatic nitrogens is 2. The molecule has 2 N–H and O–H groups in total. The Labute approximate surface area is 101 Å². The van der Waals surface area contributed by atoms with Crippen LogP contribution in [0.25, 0.3) is 11.0 Å². The predicted molar refractivity (Wildman–Crippen MR) is 67.0 cm³/mol. The van der Waals surface area contributed by atoms with Gasteiger partial charge < -0.3 is 14.8 Å². The van der Waals surface area contributed by atoms with Crippen molar-refractivity contribution in [2.24, 2.45) is 0 Å². The third kappa shape index (κ3) is 2.48. The Balaban J connectivity index is 2.45. The first-order valence-corrected chi connectivity index (χ1v) is 5.93. The van der Waals surface area contributed by atoms with Gasteiger partial charge in [0.25, 0.3) is 0 Å². The maximum absolute atomic E-state index is 9.10. The van der Waals surface area contributed by atoms with E-state index in [0.29, 0.717) is 13.0 Å². The van der Waals surface area contributed by atoms with Crippen LogP contribution in [0.3, 0.4) is 0 Å². The lowest BCUT2D eigenvalue weighted by Gasteiger charge is -2.06. The molecule has 0 unspecified atom stereocenters. The highest BCUT2D eigenvalue weighted by Gasteiger charge is 2.09. The molecule has 0 amide bonds. The van der Waals surface area contributed by atoms with Crippen molar-refractivity contribution >= 4 is 11.0 Å². The molecule has 2 rings (SSSR count). The van der Waals surface area contributed by atoms with Gasteiger partial charge in [-0.25, -0.2) is 4.98 Å². The lowest BCUT2D eigenvalue weighted by atomic mass is 10.2. The summed E-state index contributed by atoms with van der Waals surface area (Å²) in [5.74, 6) is 0.939. The Hall–Kier alpha value is -1.39. The van der Waals surface area contributed by atoms with Crippen LogP contribution in [0.4, 0.5) is 0 Å². The van der Waals surface area contributed by atoms with Crippen molar-refractivity contribution in [3.8, 4) is 0 Å². The topological polar surface area (TPSA) is 58.3 Å². The van der Waals surface area contributed by atoms with Crippen LogP contribution < -0.4 is 0 Å². The normalized spacial score (nSPS) is 11.2. The molecule has 1 aromatic carbocycles. The number of fused-ring (bicyclic) bond motifs is 1. The lowest BCUT2D eigenvalue weighted by Crippen LogP contribution is -2.07. The van der Waals surface area contributed by atoms with Crippen molar-refractivity contribution < 1.29 is 10.2 Å². The van der Waals surface area contributed by atoms with Gasteiger partial charge in [0.1, 0.15) is 5.82 Å². The third-order valence-electron chi connectivity index (χ3n) is 2.86. The average molecular weight is 234 g/mol. The third-order valence-corrected chi connectivity index (χ3v) is 2.86. The summed E-state index contributed by atoms with van der Waals surface area (Å²) in [6.45, 7) is 2.87. The molecule has 0 saturated heterocycles. The summed E-state index contributed by atoms with van der Waals surface area (Å²) in [4.78, 5) is 4.57. The van der Waals surface area contributed by atoms with Gasteiger partial charge in [-0.2, -0.15) is 0 Å². The Morgan fingerprint density at radius 1 is 1.24 bits per heavy atom. The van der Waals surface area contributed by atoms with Crippen LogP contribution in [-0.4, -0.2) is 33.0 Å². The summed E-state index contributed by atoms with van der Waals surface area (Å²) in [7, 11) is 0. The molecule has 0 fully saturated rings. The molecule has 0 aliphatic heterocycles. The maximum atomic E-state index is 9.10. The maximum Gasteiger partial charge on any atom is 0.110 e. The molecule has 4 nitrogen and oxygen atoms in total. The molecule has 0 atom stereocenters. The summed E-state index contributed by atoms with van der Waals surface area (Å²) >= 11 is 0. The minimum absolute atomic E-state index is 0.103. The second-order valence-electron chi connectivity index (χ2n) is 4.22. The lowest BCUT2D eigenvalue weighted by molar-refractivity contribution is 0.272. The number of aliphatic hydroxyl groups excluding tert-OH is 2. The highest BCUT2D eigenvalue weighted by Crippen LogP contribution is 2.18. The second-order valence-corrected chi connectivity index (χ2v) is 4.22. The zero-order valence-corrected chi connectivity index (χ0v) is 10.1. The first kappa shape index (κ1) is 12.1. The molecule has 0 aliphatic carbocycles. The smallest absolute Gasteiger partial charge is 0.110 e. The molecule has 92 valence electrons. The van der Waals surface area contributed by atoms with Crippen LogP contribution in [0, 0.1) is 6.92 Å². The number of benzene rings is 1. The van der Waals surface area contributed by atoms with Gasteiger partial charge >= 0.3 is 0 Å². The average Bonchev–Trinajstić information content (AvgIpc) is 2.64. The molecule has 2 aromatic rings. The molecule has 17 heavy (non-hydrogen) atoms. The quantitative estimate of drug-likeness (QED) is 0.819. The fourth-order valence-electron chi connectivity index (χ4n) is 2.07. The fraction of sp³-hybridized carbons (Fsp3) is 0.462. The number of aryl methyl sites for hydroxylation is 2. The number of aliphatic hydroxyl groups is 2. The summed E-state index contributed by atoms with van der Waals surface area (Å²) in [6, 6.07) is 6.13. The molecule has 1 heterocycles. The second kappa shape index (κ2) is 5.29. The number of nitrogens with zero attached hydrogens (tertiary/aromatic N) is 2. The molecule has 1 aromatic heterocycles. The van der Waals surface area contributed by atoms with Gasteiger partial charge in [-0.1, -0.05) is 6.07 Å². The van der Waals surface area contributed by atoms with Gasteiger partial charge in [0.2, 0.25) is 0 Å². The molecule has 0 bridgehead atoms. The van der Waals surface area contributed by atoms with E-state index in [1.807, 2.05) is 29.7 Å². The molecule has 0 aliphatic rings. The standard InChI is InChI=1S/C13H18N2O2/c1-10-4-5-12-11(9-10)14-13(3-2-7-16)15(12)6-8-17/h4-5,9,16-17H,2-3,6-8H2,1H3. The van der Waals surface area contributed by atoms with Crippen molar-refractivity contribution in [2.45, 2.75) is 26.3 Å².